The Morgan fingerprint density at radius 2 is 1.89 bits per heavy atom. The molecule has 6 heteroatoms. The van der Waals surface area contributed by atoms with Crippen LogP contribution in [0.25, 0.3) is 5.69 Å². The van der Waals surface area contributed by atoms with E-state index in [-0.39, 0.29) is 17.8 Å². The molecule has 142 valence electrons. The lowest BCUT2D eigenvalue weighted by molar-refractivity contribution is 0.322. The number of aliphatic hydroxyl groups excluding tert-OH is 1. The molecule has 2 aromatic carbocycles. The maximum atomic E-state index is 13.4. The molecule has 3 aromatic rings. The van der Waals surface area contributed by atoms with Gasteiger partial charge in [-0.05, 0) is 48.4 Å². The molecule has 0 saturated heterocycles. The van der Waals surface area contributed by atoms with Gasteiger partial charge in [0.25, 0.3) is 0 Å². The van der Waals surface area contributed by atoms with E-state index in [0.29, 0.717) is 5.75 Å². The van der Waals surface area contributed by atoms with Crippen LogP contribution < -0.4 is 0 Å². The summed E-state index contributed by atoms with van der Waals surface area (Å²) in [7, 11) is 0. The molecular formula is C21H22ClFN2OS. The lowest BCUT2D eigenvalue weighted by Crippen LogP contribution is -2.23. The number of nitrogens with zero attached hydrogens (tertiary/aromatic N) is 2. The fourth-order valence-corrected chi connectivity index (χ4v) is 3.89. The minimum atomic E-state index is -0.352. The summed E-state index contributed by atoms with van der Waals surface area (Å²) in [6, 6.07) is 12.4. The number of rotatable bonds is 6. The van der Waals surface area contributed by atoms with Crippen LogP contribution in [0, 0.1) is 12.7 Å². The highest BCUT2D eigenvalue weighted by Gasteiger charge is 2.29. The van der Waals surface area contributed by atoms with E-state index < -0.39 is 0 Å². The van der Waals surface area contributed by atoms with Crippen LogP contribution in [0.15, 0.2) is 53.8 Å². The number of halogens is 2. The lowest BCUT2D eigenvalue weighted by atomic mass is 9.81. The van der Waals surface area contributed by atoms with Crippen molar-refractivity contribution in [3.63, 3.8) is 0 Å². The number of hydrogen-bond donors (Lipinski definition) is 1. The molecule has 0 radical (unpaired) electrons. The van der Waals surface area contributed by atoms with Gasteiger partial charge in [0.1, 0.15) is 5.82 Å². The Bertz CT molecular complexity index is 938. The summed E-state index contributed by atoms with van der Waals surface area (Å²) in [4.78, 5) is 4.58. The summed E-state index contributed by atoms with van der Waals surface area (Å²) in [5, 5.41) is 10.7. The third kappa shape index (κ3) is 4.05. The van der Waals surface area contributed by atoms with Gasteiger partial charge in [0.2, 0.25) is 0 Å². The summed E-state index contributed by atoms with van der Waals surface area (Å²) in [5.74, 6) is 0.260. The minimum Gasteiger partial charge on any atom is -0.396 e. The Kier molecular flexibility index (Phi) is 5.94. The zero-order chi connectivity index (χ0) is 19.6. The SMILES string of the molecule is Cc1cc(C(C)(C)c2cnc(SCCO)n2-c2ccc(F)cc2)ccc1Cl. The standard InChI is InChI=1S/C21H22ClFN2OS/c1-14-12-15(4-9-18(14)22)21(2,3)19-13-24-20(27-11-10-26)25(19)17-7-5-16(23)6-8-17/h4-9,12-13,26H,10-11H2,1-3H3. The largest absolute Gasteiger partial charge is 0.396 e. The molecule has 0 aliphatic carbocycles. The number of aryl methyl sites for hydroxylation is 1. The molecule has 1 N–H and O–H groups in total. The predicted octanol–water partition coefficient (Wildman–Crippen LogP) is 5.38. The molecule has 1 heterocycles. The van der Waals surface area contributed by atoms with Crippen LogP contribution in [0.4, 0.5) is 4.39 Å². The van der Waals surface area contributed by atoms with Gasteiger partial charge in [0.15, 0.2) is 5.16 Å². The van der Waals surface area contributed by atoms with Crippen LogP contribution in [-0.2, 0) is 5.41 Å². The second kappa shape index (κ2) is 8.05. The van der Waals surface area contributed by atoms with E-state index >= 15 is 0 Å². The Hall–Kier alpha value is -1.82. The second-order valence-corrected chi connectivity index (χ2v) is 8.37. The Morgan fingerprint density at radius 3 is 2.52 bits per heavy atom. The molecular weight excluding hydrogens is 383 g/mol. The van der Waals surface area contributed by atoms with Crippen molar-refractivity contribution in [3.8, 4) is 5.69 Å². The van der Waals surface area contributed by atoms with E-state index in [4.69, 9.17) is 11.6 Å². The molecule has 0 amide bonds. The fraction of sp³-hybridized carbons (Fsp3) is 0.286. The van der Waals surface area contributed by atoms with Gasteiger partial charge >= 0.3 is 0 Å². The number of aliphatic hydroxyl groups is 1. The lowest BCUT2D eigenvalue weighted by Gasteiger charge is -2.28. The number of thioether (sulfide) groups is 1. The smallest absolute Gasteiger partial charge is 0.172 e. The topological polar surface area (TPSA) is 38.1 Å². The molecule has 0 saturated carbocycles. The van der Waals surface area contributed by atoms with Gasteiger partial charge in [-0.1, -0.05) is 49.3 Å². The van der Waals surface area contributed by atoms with Crippen LogP contribution in [0.1, 0.15) is 30.7 Å². The number of benzene rings is 2. The highest BCUT2D eigenvalue weighted by Crippen LogP contribution is 2.37. The van der Waals surface area contributed by atoms with Crippen LogP contribution in [0.5, 0.6) is 0 Å². The molecule has 3 rings (SSSR count). The molecule has 0 unspecified atom stereocenters. The quantitative estimate of drug-likeness (QED) is 0.560. The monoisotopic (exact) mass is 404 g/mol. The second-order valence-electron chi connectivity index (χ2n) is 6.90. The summed E-state index contributed by atoms with van der Waals surface area (Å²) in [6.45, 7) is 6.32. The van der Waals surface area contributed by atoms with Crippen molar-refractivity contribution in [3.05, 3.63) is 76.3 Å². The molecule has 3 nitrogen and oxygen atoms in total. The maximum absolute atomic E-state index is 13.4. The number of imidazole rings is 1. The Labute approximate surface area is 168 Å². The number of aromatic nitrogens is 2. The zero-order valence-electron chi connectivity index (χ0n) is 15.5. The van der Waals surface area contributed by atoms with Crippen molar-refractivity contribution in [2.24, 2.45) is 0 Å². The molecule has 27 heavy (non-hydrogen) atoms. The van der Waals surface area contributed by atoms with Crippen molar-refractivity contribution in [2.75, 3.05) is 12.4 Å². The molecule has 0 spiro atoms. The summed E-state index contributed by atoms with van der Waals surface area (Å²) in [6.07, 6.45) is 1.85. The summed E-state index contributed by atoms with van der Waals surface area (Å²) < 4.78 is 15.5. The van der Waals surface area contributed by atoms with Crippen LogP contribution in [0.2, 0.25) is 5.02 Å². The van der Waals surface area contributed by atoms with E-state index in [1.165, 1.54) is 23.9 Å². The van der Waals surface area contributed by atoms with E-state index in [9.17, 15) is 9.50 Å². The van der Waals surface area contributed by atoms with Gasteiger partial charge in [-0.25, -0.2) is 9.37 Å². The average molecular weight is 405 g/mol. The maximum Gasteiger partial charge on any atom is 0.172 e. The fourth-order valence-electron chi connectivity index (χ4n) is 3.04. The Balaban J connectivity index is 2.14. The van der Waals surface area contributed by atoms with Crippen LogP contribution in [0.3, 0.4) is 0 Å². The minimum absolute atomic E-state index is 0.0655. The molecule has 0 atom stereocenters. The normalized spacial score (nSPS) is 11.8. The van der Waals surface area contributed by atoms with E-state index in [1.807, 2.05) is 29.8 Å². The molecule has 0 aliphatic heterocycles. The summed E-state index contributed by atoms with van der Waals surface area (Å²) >= 11 is 7.67. The van der Waals surface area contributed by atoms with Crippen molar-refractivity contribution in [2.45, 2.75) is 31.3 Å². The Morgan fingerprint density at radius 1 is 1.19 bits per heavy atom. The van der Waals surface area contributed by atoms with Crippen molar-refractivity contribution < 1.29 is 9.50 Å². The third-order valence-electron chi connectivity index (χ3n) is 4.66. The van der Waals surface area contributed by atoms with Gasteiger partial charge in [-0.2, -0.15) is 0 Å². The van der Waals surface area contributed by atoms with Gasteiger partial charge in [0.05, 0.1) is 18.5 Å². The predicted molar refractivity (Wildman–Crippen MR) is 110 cm³/mol. The first-order chi connectivity index (χ1) is 12.8. The van der Waals surface area contributed by atoms with E-state index in [1.54, 1.807) is 12.1 Å². The van der Waals surface area contributed by atoms with Gasteiger partial charge in [0, 0.05) is 21.9 Å². The first-order valence-electron chi connectivity index (χ1n) is 8.69. The zero-order valence-corrected chi connectivity index (χ0v) is 17.1. The summed E-state index contributed by atoms with van der Waals surface area (Å²) in [5.41, 5.74) is 3.60. The van der Waals surface area contributed by atoms with E-state index in [2.05, 4.69) is 24.9 Å². The molecule has 1 aromatic heterocycles. The first kappa shape index (κ1) is 19.9. The molecule has 0 aliphatic rings. The molecule has 0 fully saturated rings. The van der Waals surface area contributed by atoms with Crippen molar-refractivity contribution >= 4 is 23.4 Å². The molecule has 0 bridgehead atoms. The number of hydrogen-bond acceptors (Lipinski definition) is 3. The third-order valence-corrected chi connectivity index (χ3v) is 6.01. The van der Waals surface area contributed by atoms with Gasteiger partial charge in [-0.15, -0.1) is 0 Å². The van der Waals surface area contributed by atoms with Gasteiger partial charge in [-0.3, -0.25) is 4.57 Å². The average Bonchev–Trinajstić information content (AvgIpc) is 3.07. The van der Waals surface area contributed by atoms with Crippen molar-refractivity contribution in [1.82, 2.24) is 9.55 Å². The van der Waals surface area contributed by atoms with Crippen molar-refractivity contribution in [1.29, 1.82) is 0 Å². The van der Waals surface area contributed by atoms with Crippen LogP contribution in [-0.4, -0.2) is 27.0 Å². The highest BCUT2D eigenvalue weighted by molar-refractivity contribution is 7.99. The first-order valence-corrected chi connectivity index (χ1v) is 10.1. The van der Waals surface area contributed by atoms with Crippen LogP contribution >= 0.6 is 23.4 Å². The highest BCUT2D eigenvalue weighted by atomic mass is 35.5. The van der Waals surface area contributed by atoms with E-state index in [0.717, 1.165) is 32.7 Å². The van der Waals surface area contributed by atoms with Gasteiger partial charge < -0.3 is 5.11 Å².